The van der Waals surface area contributed by atoms with Gasteiger partial charge >= 0.3 is 5.97 Å². The summed E-state index contributed by atoms with van der Waals surface area (Å²) in [6.45, 7) is 1.78. The van der Waals surface area contributed by atoms with E-state index in [0.717, 1.165) is 20.9 Å². The van der Waals surface area contributed by atoms with Crippen molar-refractivity contribution >= 4 is 22.9 Å². The third kappa shape index (κ3) is 2.78. The summed E-state index contributed by atoms with van der Waals surface area (Å²) in [7, 11) is 0. The molecule has 2 rings (SSSR count). The molecule has 92 valence electrons. The number of rotatable bonds is 3. The van der Waals surface area contributed by atoms with E-state index in [9.17, 15) is 9.90 Å². The molecule has 0 aliphatic rings. The lowest BCUT2D eigenvalue weighted by Gasteiger charge is -1.97. The van der Waals surface area contributed by atoms with Crippen molar-refractivity contribution in [3.63, 3.8) is 0 Å². The van der Waals surface area contributed by atoms with Gasteiger partial charge in [-0.1, -0.05) is 0 Å². The third-order valence-corrected chi connectivity index (χ3v) is 3.76. The molecule has 0 bridgehead atoms. The van der Waals surface area contributed by atoms with Crippen LogP contribution in [0.15, 0.2) is 42.5 Å². The first-order valence-corrected chi connectivity index (χ1v) is 6.19. The third-order valence-electron chi connectivity index (χ3n) is 2.49. The van der Waals surface area contributed by atoms with Gasteiger partial charge in [-0.15, -0.1) is 11.3 Å². The van der Waals surface area contributed by atoms with Crippen molar-refractivity contribution in [3.8, 4) is 16.2 Å². The van der Waals surface area contributed by atoms with Crippen LogP contribution in [-0.2, 0) is 4.79 Å². The van der Waals surface area contributed by atoms with Gasteiger partial charge in [-0.2, -0.15) is 0 Å². The van der Waals surface area contributed by atoms with E-state index in [1.54, 1.807) is 19.1 Å². The molecule has 0 aliphatic heterocycles. The highest BCUT2D eigenvalue weighted by atomic mass is 32.1. The molecule has 1 heterocycles. The molecule has 1 aromatic heterocycles. The Morgan fingerprint density at radius 2 is 1.83 bits per heavy atom. The van der Waals surface area contributed by atoms with Crippen LogP contribution in [0.5, 0.6) is 5.75 Å². The number of carboxylic acids is 1. The first-order valence-electron chi connectivity index (χ1n) is 5.37. The lowest BCUT2D eigenvalue weighted by atomic mass is 10.2. The lowest BCUT2D eigenvalue weighted by Crippen LogP contribution is -1.88. The Balaban J connectivity index is 2.31. The Kier molecular flexibility index (Phi) is 3.48. The average Bonchev–Trinajstić information content (AvgIpc) is 2.78. The fraction of sp³-hybridized carbons (Fsp3) is 0.0714. The molecule has 0 aliphatic carbocycles. The highest BCUT2D eigenvalue weighted by Crippen LogP contribution is 2.32. The standard InChI is InChI=1S/C14H12O3S/c1-9(8-14(16)17)12-6-7-13(18-12)10-2-4-11(15)5-3-10/h2-8,15H,1H3,(H,16,17)/b9-8+. The van der Waals surface area contributed by atoms with E-state index < -0.39 is 5.97 Å². The number of aromatic hydroxyl groups is 1. The van der Waals surface area contributed by atoms with Crippen LogP contribution in [0.3, 0.4) is 0 Å². The van der Waals surface area contributed by atoms with Crippen molar-refractivity contribution in [3.05, 3.63) is 47.4 Å². The fourth-order valence-corrected chi connectivity index (χ4v) is 2.57. The predicted molar refractivity (Wildman–Crippen MR) is 72.7 cm³/mol. The van der Waals surface area contributed by atoms with Crippen LogP contribution < -0.4 is 0 Å². The zero-order chi connectivity index (χ0) is 13.1. The van der Waals surface area contributed by atoms with E-state index in [2.05, 4.69) is 0 Å². The monoisotopic (exact) mass is 260 g/mol. The molecule has 18 heavy (non-hydrogen) atoms. The van der Waals surface area contributed by atoms with Crippen molar-refractivity contribution in [2.75, 3.05) is 0 Å². The predicted octanol–water partition coefficient (Wildman–Crippen LogP) is 3.61. The van der Waals surface area contributed by atoms with Crippen molar-refractivity contribution in [2.24, 2.45) is 0 Å². The maximum absolute atomic E-state index is 10.6. The van der Waals surface area contributed by atoms with Crippen molar-refractivity contribution in [1.29, 1.82) is 0 Å². The molecule has 0 radical (unpaired) electrons. The molecule has 2 N–H and O–H groups in total. The number of aliphatic carboxylic acids is 1. The van der Waals surface area contributed by atoms with Gasteiger partial charge in [0.15, 0.2) is 0 Å². The van der Waals surface area contributed by atoms with Crippen LogP contribution >= 0.6 is 11.3 Å². The summed E-state index contributed by atoms with van der Waals surface area (Å²) in [5.74, 6) is -0.704. The first kappa shape index (κ1) is 12.4. The minimum Gasteiger partial charge on any atom is -0.508 e. The summed E-state index contributed by atoms with van der Waals surface area (Å²) >= 11 is 1.53. The molecular weight excluding hydrogens is 248 g/mol. The molecule has 0 spiro atoms. The van der Waals surface area contributed by atoms with E-state index in [4.69, 9.17) is 5.11 Å². The summed E-state index contributed by atoms with van der Waals surface area (Å²) in [5.41, 5.74) is 1.74. The highest BCUT2D eigenvalue weighted by molar-refractivity contribution is 7.16. The summed E-state index contributed by atoms with van der Waals surface area (Å²) in [4.78, 5) is 12.6. The molecule has 0 unspecified atom stereocenters. The molecule has 0 amide bonds. The van der Waals surface area contributed by atoms with Crippen molar-refractivity contribution in [2.45, 2.75) is 6.92 Å². The molecule has 0 fully saturated rings. The second-order valence-corrected chi connectivity index (χ2v) is 4.96. The zero-order valence-electron chi connectivity index (χ0n) is 9.75. The van der Waals surface area contributed by atoms with E-state index in [-0.39, 0.29) is 5.75 Å². The Hall–Kier alpha value is -2.07. The molecule has 1 aromatic carbocycles. The largest absolute Gasteiger partial charge is 0.508 e. The summed E-state index contributed by atoms with van der Waals surface area (Å²) in [6.07, 6.45) is 1.20. The van der Waals surface area contributed by atoms with Crippen molar-refractivity contribution in [1.82, 2.24) is 0 Å². The van der Waals surface area contributed by atoms with Crippen LogP contribution in [0.25, 0.3) is 16.0 Å². The fourth-order valence-electron chi connectivity index (χ4n) is 1.59. The number of hydrogen-bond donors (Lipinski definition) is 2. The van der Waals surface area contributed by atoms with Gasteiger partial charge < -0.3 is 10.2 Å². The van der Waals surface area contributed by atoms with Crippen LogP contribution in [0.4, 0.5) is 0 Å². The lowest BCUT2D eigenvalue weighted by molar-refractivity contribution is -0.131. The smallest absolute Gasteiger partial charge is 0.328 e. The summed E-state index contributed by atoms with van der Waals surface area (Å²) in [5, 5.41) is 17.9. The molecule has 0 saturated heterocycles. The quantitative estimate of drug-likeness (QED) is 0.829. The zero-order valence-corrected chi connectivity index (χ0v) is 10.6. The molecule has 3 nitrogen and oxygen atoms in total. The van der Waals surface area contributed by atoms with Gasteiger partial charge in [0.2, 0.25) is 0 Å². The van der Waals surface area contributed by atoms with Crippen LogP contribution in [-0.4, -0.2) is 16.2 Å². The number of allylic oxidation sites excluding steroid dienone is 1. The van der Waals surface area contributed by atoms with E-state index in [1.807, 2.05) is 24.3 Å². The van der Waals surface area contributed by atoms with Crippen LogP contribution in [0.2, 0.25) is 0 Å². The van der Waals surface area contributed by atoms with Gasteiger partial charge in [0.25, 0.3) is 0 Å². The number of phenolic OH excluding ortho intramolecular Hbond substituents is 1. The summed E-state index contributed by atoms with van der Waals surface area (Å²) < 4.78 is 0. The maximum atomic E-state index is 10.6. The SMILES string of the molecule is C/C(=C\C(=O)O)c1ccc(-c2ccc(O)cc2)s1. The number of phenols is 1. The molecule has 0 atom stereocenters. The molecule has 0 saturated carbocycles. The normalized spacial score (nSPS) is 11.5. The van der Waals surface area contributed by atoms with Crippen LogP contribution in [0, 0.1) is 0 Å². The minimum absolute atomic E-state index is 0.234. The Labute approximate surface area is 109 Å². The van der Waals surface area contributed by atoms with E-state index in [1.165, 1.54) is 17.4 Å². The van der Waals surface area contributed by atoms with Gasteiger partial charge in [0, 0.05) is 15.8 Å². The van der Waals surface area contributed by atoms with Gasteiger partial charge in [0.05, 0.1) is 0 Å². The van der Waals surface area contributed by atoms with E-state index in [0.29, 0.717) is 0 Å². The second kappa shape index (κ2) is 5.06. The first-order chi connectivity index (χ1) is 8.56. The maximum Gasteiger partial charge on any atom is 0.328 e. The number of thiophene rings is 1. The highest BCUT2D eigenvalue weighted by Gasteiger charge is 2.05. The molecule has 4 heteroatoms. The number of carboxylic acid groups (broad SMARTS) is 1. The van der Waals surface area contributed by atoms with Gasteiger partial charge in [-0.25, -0.2) is 4.79 Å². The number of benzene rings is 1. The van der Waals surface area contributed by atoms with Crippen molar-refractivity contribution < 1.29 is 15.0 Å². The number of carbonyl (C=O) groups is 1. The molecule has 2 aromatic rings. The molecular formula is C14H12O3S. The topological polar surface area (TPSA) is 57.5 Å². The average molecular weight is 260 g/mol. The Morgan fingerprint density at radius 3 is 2.44 bits per heavy atom. The Bertz CT molecular complexity index is 594. The second-order valence-electron chi connectivity index (χ2n) is 3.88. The number of hydrogen-bond acceptors (Lipinski definition) is 3. The minimum atomic E-state index is -0.938. The van der Waals surface area contributed by atoms with Crippen LogP contribution in [0.1, 0.15) is 11.8 Å². The Morgan fingerprint density at radius 1 is 1.17 bits per heavy atom. The summed E-state index contributed by atoms with van der Waals surface area (Å²) in [6, 6.07) is 10.8. The van der Waals surface area contributed by atoms with E-state index >= 15 is 0 Å². The van der Waals surface area contributed by atoms with Gasteiger partial charge in [-0.05, 0) is 54.5 Å². The van der Waals surface area contributed by atoms with Gasteiger partial charge in [0.1, 0.15) is 5.75 Å². The van der Waals surface area contributed by atoms with Gasteiger partial charge in [-0.3, -0.25) is 0 Å².